The van der Waals surface area contributed by atoms with Gasteiger partial charge in [-0.15, -0.1) is 0 Å². The van der Waals surface area contributed by atoms with Gasteiger partial charge in [0.15, 0.2) is 0 Å². The van der Waals surface area contributed by atoms with Gasteiger partial charge in [-0.2, -0.15) is 0 Å². The first-order valence-electron chi connectivity index (χ1n) is 12.8. The molecular formula is C37H24N2. The third-order valence-electron chi connectivity index (χ3n) is 6.33. The maximum atomic E-state index is 5.03. The standard InChI is InChI=1S/C37H24N2/c1-4-10-28(11-5-1)16-18-30-20-24-32(25-21-30)35-36(39-37(38-35)34-14-8-3-9-15-34)33-26-22-31(23-27-33)19-17-29-12-6-2-7-13-29/h1-15,20-27H,(H,38,39). The normalized spacial score (nSPS) is 10.2. The molecule has 0 atom stereocenters. The van der Waals surface area contributed by atoms with Crippen LogP contribution in [-0.2, 0) is 0 Å². The van der Waals surface area contributed by atoms with E-state index < -0.39 is 0 Å². The van der Waals surface area contributed by atoms with Gasteiger partial charge >= 0.3 is 0 Å². The van der Waals surface area contributed by atoms with E-state index in [0.29, 0.717) is 0 Å². The zero-order valence-corrected chi connectivity index (χ0v) is 21.2. The van der Waals surface area contributed by atoms with Crippen molar-refractivity contribution in [2.45, 2.75) is 0 Å². The van der Waals surface area contributed by atoms with Gasteiger partial charge < -0.3 is 4.98 Å². The number of benzene rings is 5. The second-order valence-corrected chi connectivity index (χ2v) is 9.06. The molecule has 39 heavy (non-hydrogen) atoms. The predicted molar refractivity (Wildman–Crippen MR) is 160 cm³/mol. The lowest BCUT2D eigenvalue weighted by Crippen LogP contribution is -1.85. The maximum Gasteiger partial charge on any atom is 0.138 e. The van der Waals surface area contributed by atoms with E-state index in [1.54, 1.807) is 0 Å². The molecule has 2 nitrogen and oxygen atoms in total. The van der Waals surface area contributed by atoms with Crippen LogP contribution < -0.4 is 0 Å². The fourth-order valence-electron chi connectivity index (χ4n) is 4.29. The average molecular weight is 497 g/mol. The maximum absolute atomic E-state index is 5.03. The number of nitrogens with zero attached hydrogens (tertiary/aromatic N) is 1. The Hall–Kier alpha value is -5.57. The molecule has 0 bridgehead atoms. The van der Waals surface area contributed by atoms with E-state index in [9.17, 15) is 0 Å². The lowest BCUT2D eigenvalue weighted by molar-refractivity contribution is 1.31. The van der Waals surface area contributed by atoms with Crippen LogP contribution in [0.1, 0.15) is 22.3 Å². The van der Waals surface area contributed by atoms with Crippen molar-refractivity contribution in [2.75, 3.05) is 0 Å². The molecule has 5 aromatic carbocycles. The van der Waals surface area contributed by atoms with Crippen LogP contribution in [0.2, 0.25) is 0 Å². The van der Waals surface area contributed by atoms with Crippen LogP contribution in [0.15, 0.2) is 140 Å². The Balaban J connectivity index is 1.34. The molecule has 0 unspecified atom stereocenters. The number of nitrogens with one attached hydrogen (secondary N) is 1. The summed E-state index contributed by atoms with van der Waals surface area (Å²) >= 11 is 0. The zero-order valence-electron chi connectivity index (χ0n) is 21.2. The van der Waals surface area contributed by atoms with E-state index in [-0.39, 0.29) is 0 Å². The fourth-order valence-corrected chi connectivity index (χ4v) is 4.29. The van der Waals surface area contributed by atoms with E-state index in [1.165, 1.54) is 0 Å². The van der Waals surface area contributed by atoms with Crippen LogP contribution in [0.5, 0.6) is 0 Å². The van der Waals surface area contributed by atoms with Crippen LogP contribution in [0.4, 0.5) is 0 Å². The third kappa shape index (κ3) is 5.72. The van der Waals surface area contributed by atoms with Gasteiger partial charge in [0.1, 0.15) is 5.82 Å². The van der Waals surface area contributed by atoms with Gasteiger partial charge in [0, 0.05) is 38.9 Å². The average Bonchev–Trinajstić information content (AvgIpc) is 3.47. The minimum absolute atomic E-state index is 0.835. The summed E-state index contributed by atoms with van der Waals surface area (Å²) in [4.78, 5) is 8.61. The van der Waals surface area contributed by atoms with Gasteiger partial charge in [-0.05, 0) is 48.5 Å². The second kappa shape index (κ2) is 11.2. The SMILES string of the molecule is C(#Cc1ccc(-c2nc(-c3ccccc3)[nH]c2-c2ccc(C#Cc3ccccc3)cc2)cc1)c1ccccc1. The van der Waals surface area contributed by atoms with Gasteiger partial charge in [-0.3, -0.25) is 0 Å². The van der Waals surface area contributed by atoms with Crippen LogP contribution >= 0.6 is 0 Å². The lowest BCUT2D eigenvalue weighted by atomic mass is 10.0. The topological polar surface area (TPSA) is 28.7 Å². The smallest absolute Gasteiger partial charge is 0.138 e. The quantitative estimate of drug-likeness (QED) is 0.246. The molecule has 0 fully saturated rings. The molecule has 0 saturated carbocycles. The molecular weight excluding hydrogens is 472 g/mol. The van der Waals surface area contributed by atoms with Crippen LogP contribution in [0, 0.1) is 23.7 Å². The van der Waals surface area contributed by atoms with Crippen LogP contribution in [0.3, 0.4) is 0 Å². The number of aromatic nitrogens is 2. The Morgan fingerprint density at radius 2 is 0.795 bits per heavy atom. The highest BCUT2D eigenvalue weighted by atomic mass is 14.9. The highest BCUT2D eigenvalue weighted by molar-refractivity contribution is 5.81. The minimum Gasteiger partial charge on any atom is -0.337 e. The Morgan fingerprint density at radius 3 is 1.28 bits per heavy atom. The van der Waals surface area contributed by atoms with Crippen molar-refractivity contribution >= 4 is 0 Å². The van der Waals surface area contributed by atoms with Crippen molar-refractivity contribution < 1.29 is 0 Å². The molecule has 2 heteroatoms. The van der Waals surface area contributed by atoms with Crippen LogP contribution in [-0.4, -0.2) is 9.97 Å². The number of H-pyrrole nitrogens is 1. The first kappa shape index (κ1) is 23.8. The first-order chi connectivity index (χ1) is 19.3. The lowest BCUT2D eigenvalue weighted by Gasteiger charge is -2.04. The summed E-state index contributed by atoms with van der Waals surface area (Å²) in [6, 6.07) is 46.8. The molecule has 1 heterocycles. The second-order valence-electron chi connectivity index (χ2n) is 9.06. The van der Waals surface area contributed by atoms with E-state index in [4.69, 9.17) is 4.98 Å². The molecule has 6 aromatic rings. The third-order valence-corrected chi connectivity index (χ3v) is 6.33. The van der Waals surface area contributed by atoms with Crippen molar-refractivity contribution in [1.82, 2.24) is 9.97 Å². The van der Waals surface area contributed by atoms with E-state index in [0.717, 1.165) is 56.2 Å². The van der Waals surface area contributed by atoms with E-state index >= 15 is 0 Å². The van der Waals surface area contributed by atoms with Gasteiger partial charge in [-0.25, -0.2) is 4.98 Å². The van der Waals surface area contributed by atoms with Crippen molar-refractivity contribution in [1.29, 1.82) is 0 Å². The Morgan fingerprint density at radius 1 is 0.385 bits per heavy atom. The van der Waals surface area contributed by atoms with Crippen molar-refractivity contribution in [3.63, 3.8) is 0 Å². The molecule has 0 saturated heterocycles. The summed E-state index contributed by atoms with van der Waals surface area (Å²) in [7, 11) is 0. The molecule has 1 aromatic heterocycles. The molecule has 0 radical (unpaired) electrons. The predicted octanol–water partition coefficient (Wildman–Crippen LogP) is 8.21. The molecule has 0 spiro atoms. The summed E-state index contributed by atoms with van der Waals surface area (Å²) < 4.78 is 0. The van der Waals surface area contributed by atoms with Gasteiger partial charge in [-0.1, -0.05) is 115 Å². The molecule has 0 aliphatic heterocycles. The van der Waals surface area contributed by atoms with E-state index in [1.807, 2.05) is 91.0 Å². The summed E-state index contributed by atoms with van der Waals surface area (Å²) in [5, 5.41) is 0. The molecule has 0 aliphatic rings. The molecule has 6 rings (SSSR count). The molecule has 1 N–H and O–H groups in total. The highest BCUT2D eigenvalue weighted by Crippen LogP contribution is 2.33. The highest BCUT2D eigenvalue weighted by Gasteiger charge is 2.15. The minimum atomic E-state index is 0.835. The summed E-state index contributed by atoms with van der Waals surface area (Å²) in [5.74, 6) is 13.8. The van der Waals surface area contributed by atoms with Gasteiger partial charge in [0.25, 0.3) is 0 Å². The zero-order chi connectivity index (χ0) is 26.3. The fraction of sp³-hybridized carbons (Fsp3) is 0. The summed E-state index contributed by atoms with van der Waals surface area (Å²) in [6.45, 7) is 0. The van der Waals surface area contributed by atoms with E-state index in [2.05, 4.69) is 77.2 Å². The number of hydrogen-bond acceptors (Lipinski definition) is 1. The Kier molecular flexibility index (Phi) is 6.85. The monoisotopic (exact) mass is 496 g/mol. The van der Waals surface area contributed by atoms with Gasteiger partial charge in [0.05, 0.1) is 11.4 Å². The Labute approximate surface area is 229 Å². The van der Waals surface area contributed by atoms with Crippen molar-refractivity contribution in [3.05, 3.63) is 162 Å². The summed E-state index contributed by atoms with van der Waals surface area (Å²) in [5.41, 5.74) is 8.93. The number of rotatable bonds is 3. The largest absolute Gasteiger partial charge is 0.337 e. The van der Waals surface area contributed by atoms with Crippen molar-refractivity contribution in [2.24, 2.45) is 0 Å². The Bertz CT molecular complexity index is 1690. The number of aromatic amines is 1. The van der Waals surface area contributed by atoms with Crippen LogP contribution in [0.25, 0.3) is 33.9 Å². The van der Waals surface area contributed by atoms with Gasteiger partial charge in [0.2, 0.25) is 0 Å². The number of hydrogen-bond donors (Lipinski definition) is 1. The molecule has 182 valence electrons. The molecule has 0 aliphatic carbocycles. The molecule has 0 amide bonds. The summed E-state index contributed by atoms with van der Waals surface area (Å²) in [6.07, 6.45) is 0. The first-order valence-corrected chi connectivity index (χ1v) is 12.8. The number of imidazole rings is 1. The van der Waals surface area contributed by atoms with Crippen molar-refractivity contribution in [3.8, 4) is 57.6 Å².